The fourth-order valence-electron chi connectivity index (χ4n) is 2.23. The molecule has 0 saturated heterocycles. The molecule has 0 atom stereocenters. The minimum Gasteiger partial charge on any atom is -0.491 e. The Balaban J connectivity index is 2.21. The maximum Gasteiger partial charge on any atom is 0.120 e. The molecule has 20 heavy (non-hydrogen) atoms. The quantitative estimate of drug-likeness (QED) is 0.499. The fraction of sp³-hybridized carbons (Fsp3) is 0.133. The zero-order chi connectivity index (χ0) is 14.1. The first-order chi connectivity index (χ1) is 9.69. The number of ether oxygens (including phenoxy) is 1. The zero-order valence-corrected chi connectivity index (χ0v) is 10.8. The Morgan fingerprint density at radius 1 is 1.00 bits per heavy atom. The largest absolute Gasteiger partial charge is 0.491 e. The van der Waals surface area contributed by atoms with Crippen LogP contribution in [0, 0.1) is 0 Å². The molecule has 0 unspecified atom stereocenters. The van der Waals surface area contributed by atoms with E-state index in [1.54, 1.807) is 12.1 Å². The fourth-order valence-corrected chi connectivity index (χ4v) is 2.23. The SMILES string of the molecule is Nc1ccc2c(N)c3cc(OCCO)ccc3nc2c1. The lowest BCUT2D eigenvalue weighted by molar-refractivity contribution is 0.201. The van der Waals surface area contributed by atoms with E-state index in [-0.39, 0.29) is 13.2 Å². The molecule has 0 amide bonds. The van der Waals surface area contributed by atoms with Crippen LogP contribution < -0.4 is 16.2 Å². The molecule has 0 saturated carbocycles. The van der Waals surface area contributed by atoms with Gasteiger partial charge in [-0.15, -0.1) is 0 Å². The molecule has 5 heteroatoms. The molecule has 0 bridgehead atoms. The number of nitrogens with two attached hydrogens (primary N) is 2. The Morgan fingerprint density at radius 2 is 1.85 bits per heavy atom. The van der Waals surface area contributed by atoms with Crippen molar-refractivity contribution in [1.29, 1.82) is 0 Å². The van der Waals surface area contributed by atoms with Gasteiger partial charge in [-0.3, -0.25) is 0 Å². The van der Waals surface area contributed by atoms with Gasteiger partial charge in [-0.2, -0.15) is 0 Å². The van der Waals surface area contributed by atoms with E-state index in [4.69, 9.17) is 21.3 Å². The molecule has 0 radical (unpaired) electrons. The van der Waals surface area contributed by atoms with Gasteiger partial charge >= 0.3 is 0 Å². The first-order valence-corrected chi connectivity index (χ1v) is 6.31. The van der Waals surface area contributed by atoms with Gasteiger partial charge in [0.05, 0.1) is 23.3 Å². The van der Waals surface area contributed by atoms with Crippen molar-refractivity contribution in [2.75, 3.05) is 24.7 Å². The Hall–Kier alpha value is -2.53. The highest BCUT2D eigenvalue weighted by Gasteiger charge is 2.08. The summed E-state index contributed by atoms with van der Waals surface area (Å²) in [4.78, 5) is 4.56. The van der Waals surface area contributed by atoms with Crippen LogP contribution in [-0.4, -0.2) is 23.3 Å². The van der Waals surface area contributed by atoms with Gasteiger partial charge in [-0.25, -0.2) is 4.98 Å². The number of rotatable bonds is 3. The minimum atomic E-state index is -0.0250. The monoisotopic (exact) mass is 269 g/mol. The molecule has 0 aliphatic rings. The molecule has 1 aromatic heterocycles. The molecule has 0 aliphatic heterocycles. The van der Waals surface area contributed by atoms with Crippen LogP contribution in [0.2, 0.25) is 0 Å². The molecule has 0 fully saturated rings. The van der Waals surface area contributed by atoms with E-state index >= 15 is 0 Å². The average molecular weight is 269 g/mol. The number of nitrogens with zero attached hydrogens (tertiary/aromatic N) is 1. The summed E-state index contributed by atoms with van der Waals surface area (Å²) >= 11 is 0. The first-order valence-electron chi connectivity index (χ1n) is 6.31. The van der Waals surface area contributed by atoms with Crippen LogP contribution in [-0.2, 0) is 0 Å². The highest BCUT2D eigenvalue weighted by atomic mass is 16.5. The Labute approximate surface area is 115 Å². The molecule has 1 heterocycles. The third-order valence-corrected chi connectivity index (χ3v) is 3.17. The van der Waals surface area contributed by atoms with Crippen LogP contribution in [0.5, 0.6) is 5.75 Å². The van der Waals surface area contributed by atoms with E-state index in [9.17, 15) is 0 Å². The highest BCUT2D eigenvalue weighted by Crippen LogP contribution is 2.31. The molecule has 2 aromatic carbocycles. The summed E-state index contributed by atoms with van der Waals surface area (Å²) in [6, 6.07) is 11.0. The number of pyridine rings is 1. The standard InChI is InChI=1S/C15H15N3O2/c16-9-1-3-11-14(7-9)18-13-4-2-10(20-6-5-19)8-12(13)15(11)17/h1-4,7-8,19H,5-6,16H2,(H2,17,18). The third kappa shape index (κ3) is 2.08. The number of benzene rings is 2. The number of aliphatic hydroxyl groups is 1. The predicted molar refractivity (Wildman–Crippen MR) is 80.7 cm³/mol. The lowest BCUT2D eigenvalue weighted by Crippen LogP contribution is -2.02. The van der Waals surface area contributed by atoms with Crippen LogP contribution in [0.25, 0.3) is 21.8 Å². The summed E-state index contributed by atoms with van der Waals surface area (Å²) in [6.07, 6.45) is 0. The Bertz CT molecular complexity index is 787. The lowest BCUT2D eigenvalue weighted by atomic mass is 10.1. The molecule has 3 aromatic rings. The van der Waals surface area contributed by atoms with Crippen LogP contribution in [0.3, 0.4) is 0 Å². The van der Waals surface area contributed by atoms with Crippen LogP contribution >= 0.6 is 0 Å². The number of hydrogen-bond acceptors (Lipinski definition) is 5. The topological polar surface area (TPSA) is 94.4 Å². The molecule has 3 rings (SSSR count). The Morgan fingerprint density at radius 3 is 2.65 bits per heavy atom. The van der Waals surface area contributed by atoms with Gasteiger partial charge in [0.15, 0.2) is 0 Å². The van der Waals surface area contributed by atoms with Gasteiger partial charge in [0.2, 0.25) is 0 Å². The Kier molecular flexibility index (Phi) is 3.04. The summed E-state index contributed by atoms with van der Waals surface area (Å²) in [7, 11) is 0. The first kappa shape index (κ1) is 12.5. The van der Waals surface area contributed by atoms with Crippen molar-refractivity contribution >= 4 is 33.2 Å². The molecule has 0 spiro atoms. The van der Waals surface area contributed by atoms with Crippen molar-refractivity contribution in [2.24, 2.45) is 0 Å². The third-order valence-electron chi connectivity index (χ3n) is 3.17. The molecule has 5 nitrogen and oxygen atoms in total. The van der Waals surface area contributed by atoms with E-state index in [1.165, 1.54) is 0 Å². The number of anilines is 2. The summed E-state index contributed by atoms with van der Waals surface area (Å²) in [5, 5.41) is 10.5. The molecule has 102 valence electrons. The average Bonchev–Trinajstić information content (AvgIpc) is 2.45. The van der Waals surface area contributed by atoms with Crippen molar-refractivity contribution in [3.63, 3.8) is 0 Å². The second-order valence-electron chi connectivity index (χ2n) is 4.55. The number of aromatic nitrogens is 1. The molecular formula is C15H15N3O2. The van der Waals surface area contributed by atoms with Gasteiger partial charge in [0.1, 0.15) is 12.4 Å². The van der Waals surface area contributed by atoms with Crippen molar-refractivity contribution < 1.29 is 9.84 Å². The van der Waals surface area contributed by atoms with E-state index < -0.39 is 0 Å². The number of fused-ring (bicyclic) bond motifs is 2. The highest BCUT2D eigenvalue weighted by molar-refractivity contribution is 6.07. The zero-order valence-electron chi connectivity index (χ0n) is 10.8. The van der Waals surface area contributed by atoms with E-state index in [0.717, 1.165) is 21.8 Å². The maximum atomic E-state index is 8.79. The van der Waals surface area contributed by atoms with Crippen molar-refractivity contribution in [3.8, 4) is 5.75 Å². The van der Waals surface area contributed by atoms with Gasteiger partial charge in [-0.1, -0.05) is 0 Å². The van der Waals surface area contributed by atoms with Crippen molar-refractivity contribution in [2.45, 2.75) is 0 Å². The summed E-state index contributed by atoms with van der Waals surface area (Å²) in [5.41, 5.74) is 14.9. The van der Waals surface area contributed by atoms with E-state index in [0.29, 0.717) is 17.1 Å². The second-order valence-corrected chi connectivity index (χ2v) is 4.55. The van der Waals surface area contributed by atoms with Crippen LogP contribution in [0.4, 0.5) is 11.4 Å². The lowest BCUT2D eigenvalue weighted by Gasteiger charge is -2.10. The van der Waals surface area contributed by atoms with Crippen molar-refractivity contribution in [3.05, 3.63) is 36.4 Å². The van der Waals surface area contributed by atoms with Gasteiger partial charge in [-0.05, 0) is 36.4 Å². The van der Waals surface area contributed by atoms with Crippen LogP contribution in [0.15, 0.2) is 36.4 Å². The van der Waals surface area contributed by atoms with Crippen LogP contribution in [0.1, 0.15) is 0 Å². The predicted octanol–water partition coefficient (Wildman–Crippen LogP) is 1.92. The normalized spacial score (nSPS) is 11.1. The minimum absolute atomic E-state index is 0.0250. The maximum absolute atomic E-state index is 8.79. The number of hydrogen-bond donors (Lipinski definition) is 3. The number of aliphatic hydroxyl groups excluding tert-OH is 1. The van der Waals surface area contributed by atoms with Gasteiger partial charge in [0.25, 0.3) is 0 Å². The van der Waals surface area contributed by atoms with Gasteiger partial charge < -0.3 is 21.3 Å². The number of nitrogen functional groups attached to an aromatic ring is 2. The van der Waals surface area contributed by atoms with Crippen molar-refractivity contribution in [1.82, 2.24) is 4.98 Å². The summed E-state index contributed by atoms with van der Waals surface area (Å²) in [5.74, 6) is 0.662. The van der Waals surface area contributed by atoms with E-state index in [2.05, 4.69) is 4.98 Å². The summed E-state index contributed by atoms with van der Waals surface area (Å²) < 4.78 is 5.40. The smallest absolute Gasteiger partial charge is 0.120 e. The molecule has 5 N–H and O–H groups in total. The molecular weight excluding hydrogens is 254 g/mol. The summed E-state index contributed by atoms with van der Waals surface area (Å²) in [6.45, 7) is 0.228. The van der Waals surface area contributed by atoms with E-state index in [1.807, 2.05) is 24.3 Å². The second kappa shape index (κ2) is 4.86. The molecule has 0 aliphatic carbocycles. The van der Waals surface area contributed by atoms with Gasteiger partial charge in [0, 0.05) is 16.5 Å².